The number of guanidine groups is 1. The highest BCUT2D eigenvalue weighted by atomic mass is 19.1. The highest BCUT2D eigenvalue weighted by molar-refractivity contribution is 5.79. The average Bonchev–Trinajstić information content (AvgIpc) is 2.99. The van der Waals surface area contributed by atoms with Crippen molar-refractivity contribution in [2.45, 2.75) is 20.0 Å². The molecule has 0 fully saturated rings. The van der Waals surface area contributed by atoms with E-state index in [1.54, 1.807) is 18.3 Å². The number of H-pyrrole nitrogens is 1. The van der Waals surface area contributed by atoms with E-state index in [-0.39, 0.29) is 5.82 Å². The topological polar surface area (TPSA) is 56.3 Å². The van der Waals surface area contributed by atoms with Crippen LogP contribution in [-0.4, -0.2) is 34.6 Å². The Kier molecular flexibility index (Phi) is 5.31. The second kappa shape index (κ2) is 7.42. The Morgan fingerprint density at radius 1 is 1.33 bits per heavy atom. The number of nitrogens with zero attached hydrogens (tertiary/aromatic N) is 3. The van der Waals surface area contributed by atoms with Crippen LogP contribution in [0.1, 0.15) is 18.2 Å². The molecule has 1 heterocycles. The van der Waals surface area contributed by atoms with Gasteiger partial charge < -0.3 is 10.2 Å². The van der Waals surface area contributed by atoms with Gasteiger partial charge in [-0.05, 0) is 30.7 Å². The van der Waals surface area contributed by atoms with Gasteiger partial charge in [0, 0.05) is 26.3 Å². The van der Waals surface area contributed by atoms with E-state index in [9.17, 15) is 4.39 Å². The highest BCUT2D eigenvalue weighted by Gasteiger charge is 2.06. The zero-order valence-corrected chi connectivity index (χ0v) is 12.3. The van der Waals surface area contributed by atoms with Crippen molar-refractivity contribution in [3.05, 3.63) is 53.6 Å². The Morgan fingerprint density at radius 3 is 2.71 bits per heavy atom. The Bertz CT molecular complexity index is 562. The number of aromatic nitrogens is 2. The molecule has 112 valence electrons. The van der Waals surface area contributed by atoms with Crippen molar-refractivity contribution in [2.24, 2.45) is 4.99 Å². The van der Waals surface area contributed by atoms with Crippen LogP contribution in [0.2, 0.25) is 0 Å². The summed E-state index contributed by atoms with van der Waals surface area (Å²) in [5.74, 6) is 0.581. The van der Waals surface area contributed by atoms with Crippen molar-refractivity contribution in [3.63, 3.8) is 0 Å². The molecule has 0 aliphatic heterocycles. The number of hydrogen-bond donors (Lipinski definition) is 2. The number of rotatable bonds is 5. The van der Waals surface area contributed by atoms with Gasteiger partial charge in [-0.25, -0.2) is 9.38 Å². The molecule has 0 aliphatic rings. The summed E-state index contributed by atoms with van der Waals surface area (Å²) in [6.07, 6.45) is 1.71. The van der Waals surface area contributed by atoms with E-state index < -0.39 is 0 Å². The van der Waals surface area contributed by atoms with Crippen molar-refractivity contribution in [3.8, 4) is 0 Å². The molecule has 0 radical (unpaired) electrons. The number of aromatic amines is 1. The van der Waals surface area contributed by atoms with E-state index >= 15 is 0 Å². The molecular weight excluding hydrogens is 269 g/mol. The third kappa shape index (κ3) is 4.59. The maximum Gasteiger partial charge on any atom is 0.194 e. The van der Waals surface area contributed by atoms with Crippen molar-refractivity contribution in [2.75, 3.05) is 13.6 Å². The third-order valence-corrected chi connectivity index (χ3v) is 2.99. The van der Waals surface area contributed by atoms with Crippen LogP contribution < -0.4 is 5.32 Å². The summed E-state index contributed by atoms with van der Waals surface area (Å²) < 4.78 is 12.9. The molecule has 0 amide bonds. The van der Waals surface area contributed by atoms with Crippen molar-refractivity contribution in [1.82, 2.24) is 20.4 Å². The summed E-state index contributed by atoms with van der Waals surface area (Å²) in [5, 5.41) is 10.0. The number of aliphatic imine (C=N–C) groups is 1. The van der Waals surface area contributed by atoms with Crippen LogP contribution >= 0.6 is 0 Å². The zero-order chi connectivity index (χ0) is 15.1. The molecule has 21 heavy (non-hydrogen) atoms. The van der Waals surface area contributed by atoms with E-state index in [1.165, 1.54) is 12.1 Å². The van der Waals surface area contributed by atoms with Gasteiger partial charge in [0.2, 0.25) is 0 Å². The summed E-state index contributed by atoms with van der Waals surface area (Å²) in [5.41, 5.74) is 1.99. The largest absolute Gasteiger partial charge is 0.357 e. The monoisotopic (exact) mass is 289 g/mol. The molecule has 6 heteroatoms. The molecular formula is C15H20FN5. The maximum absolute atomic E-state index is 12.9. The minimum atomic E-state index is -0.221. The lowest BCUT2D eigenvalue weighted by molar-refractivity contribution is 0.476. The Balaban J connectivity index is 2.02. The fraction of sp³-hybridized carbons (Fsp3) is 0.333. The molecule has 0 aliphatic carbocycles. The molecule has 2 N–H and O–H groups in total. The lowest BCUT2D eigenvalue weighted by Gasteiger charge is -2.22. The normalized spacial score (nSPS) is 11.5. The SMILES string of the molecule is CCNC(=NCc1ccn[nH]1)N(C)Cc1ccc(F)cc1. The second-order valence-electron chi connectivity index (χ2n) is 4.73. The first-order chi connectivity index (χ1) is 10.2. The number of nitrogens with one attached hydrogen (secondary N) is 2. The van der Waals surface area contributed by atoms with Gasteiger partial charge in [0.05, 0.1) is 12.2 Å². The van der Waals surface area contributed by atoms with E-state index in [0.29, 0.717) is 13.1 Å². The van der Waals surface area contributed by atoms with Gasteiger partial charge in [0.15, 0.2) is 5.96 Å². The summed E-state index contributed by atoms with van der Waals surface area (Å²) in [4.78, 5) is 6.56. The number of hydrogen-bond acceptors (Lipinski definition) is 2. The predicted octanol–water partition coefficient (Wildman–Crippen LogP) is 2.15. The molecule has 1 aromatic heterocycles. The lowest BCUT2D eigenvalue weighted by atomic mass is 10.2. The molecule has 1 aromatic carbocycles. The van der Waals surface area contributed by atoms with Crippen LogP contribution in [0.4, 0.5) is 4.39 Å². The quantitative estimate of drug-likeness (QED) is 0.655. The Morgan fingerprint density at radius 2 is 2.10 bits per heavy atom. The van der Waals surface area contributed by atoms with Gasteiger partial charge in [-0.3, -0.25) is 5.10 Å². The van der Waals surface area contributed by atoms with Crippen molar-refractivity contribution in [1.29, 1.82) is 0 Å². The molecule has 2 aromatic rings. The zero-order valence-electron chi connectivity index (χ0n) is 12.3. The number of benzene rings is 1. The first-order valence-corrected chi connectivity index (χ1v) is 6.91. The summed E-state index contributed by atoms with van der Waals surface area (Å²) >= 11 is 0. The van der Waals surface area contributed by atoms with E-state index in [4.69, 9.17) is 0 Å². The molecule has 0 saturated carbocycles. The van der Waals surface area contributed by atoms with Crippen LogP contribution in [0.5, 0.6) is 0 Å². The fourth-order valence-corrected chi connectivity index (χ4v) is 1.94. The van der Waals surface area contributed by atoms with Crippen molar-refractivity contribution < 1.29 is 4.39 Å². The fourth-order valence-electron chi connectivity index (χ4n) is 1.94. The van der Waals surface area contributed by atoms with Crippen LogP contribution in [-0.2, 0) is 13.1 Å². The maximum atomic E-state index is 12.9. The molecule has 0 bridgehead atoms. The van der Waals surface area contributed by atoms with E-state index in [1.807, 2.05) is 24.9 Å². The van der Waals surface area contributed by atoms with Gasteiger partial charge in [-0.15, -0.1) is 0 Å². The molecule has 5 nitrogen and oxygen atoms in total. The summed E-state index contributed by atoms with van der Waals surface area (Å²) in [7, 11) is 1.96. The predicted molar refractivity (Wildman–Crippen MR) is 81.3 cm³/mol. The molecule has 0 unspecified atom stereocenters. The van der Waals surface area contributed by atoms with Gasteiger partial charge in [-0.1, -0.05) is 12.1 Å². The standard InChI is InChI=1S/C15H20FN5/c1-3-17-15(18-10-14-8-9-19-20-14)21(2)11-12-4-6-13(16)7-5-12/h4-9H,3,10-11H2,1-2H3,(H,17,18)(H,19,20). The van der Waals surface area contributed by atoms with Gasteiger partial charge in [-0.2, -0.15) is 5.10 Å². The highest BCUT2D eigenvalue weighted by Crippen LogP contribution is 2.06. The first kappa shape index (κ1) is 15.0. The van der Waals surface area contributed by atoms with Crippen LogP contribution in [0.25, 0.3) is 0 Å². The van der Waals surface area contributed by atoms with E-state index in [2.05, 4.69) is 20.5 Å². The lowest BCUT2D eigenvalue weighted by Crippen LogP contribution is -2.38. The molecule has 0 atom stereocenters. The average molecular weight is 289 g/mol. The van der Waals surface area contributed by atoms with Crippen LogP contribution in [0.15, 0.2) is 41.5 Å². The minimum absolute atomic E-state index is 0.221. The molecule has 2 rings (SSSR count). The third-order valence-electron chi connectivity index (χ3n) is 2.99. The first-order valence-electron chi connectivity index (χ1n) is 6.91. The Hall–Kier alpha value is -2.37. The van der Waals surface area contributed by atoms with Crippen molar-refractivity contribution >= 4 is 5.96 Å². The minimum Gasteiger partial charge on any atom is -0.357 e. The second-order valence-corrected chi connectivity index (χ2v) is 4.73. The van der Waals surface area contributed by atoms with Gasteiger partial charge in [0.1, 0.15) is 5.82 Å². The van der Waals surface area contributed by atoms with E-state index in [0.717, 1.165) is 23.8 Å². The van der Waals surface area contributed by atoms with Crippen LogP contribution in [0.3, 0.4) is 0 Å². The van der Waals surface area contributed by atoms with Gasteiger partial charge in [0.25, 0.3) is 0 Å². The Labute approximate surface area is 123 Å². The molecule has 0 spiro atoms. The smallest absolute Gasteiger partial charge is 0.194 e. The van der Waals surface area contributed by atoms with Gasteiger partial charge >= 0.3 is 0 Å². The summed E-state index contributed by atoms with van der Waals surface area (Å²) in [6.45, 7) is 4.01. The number of halogens is 1. The molecule has 0 saturated heterocycles. The van der Waals surface area contributed by atoms with Crippen LogP contribution in [0, 0.1) is 5.82 Å². The summed E-state index contributed by atoms with van der Waals surface area (Å²) in [6, 6.07) is 8.40.